The zero-order valence-corrected chi connectivity index (χ0v) is 12.0. The van der Waals surface area contributed by atoms with Crippen LogP contribution in [0, 0.1) is 0 Å². The van der Waals surface area contributed by atoms with E-state index in [-0.39, 0.29) is 0 Å². The van der Waals surface area contributed by atoms with Gasteiger partial charge in [0.25, 0.3) is 0 Å². The fraction of sp³-hybridized carbons (Fsp3) is 0.667. The molecule has 1 aromatic rings. The van der Waals surface area contributed by atoms with Crippen molar-refractivity contribution in [2.75, 3.05) is 18.8 Å². The van der Waals surface area contributed by atoms with E-state index in [1.54, 1.807) is 6.20 Å². The lowest BCUT2D eigenvalue weighted by molar-refractivity contribution is 0.219. The van der Waals surface area contributed by atoms with Crippen molar-refractivity contribution in [2.24, 2.45) is 0 Å². The van der Waals surface area contributed by atoms with Crippen molar-refractivity contribution in [3.8, 4) is 0 Å². The maximum absolute atomic E-state index is 5.64. The number of nitrogens with zero attached hydrogens (tertiary/aromatic N) is 2. The predicted molar refractivity (Wildman–Crippen MR) is 78.6 cm³/mol. The van der Waals surface area contributed by atoms with Crippen molar-refractivity contribution >= 4 is 5.69 Å². The predicted octanol–water partition coefficient (Wildman–Crippen LogP) is 3.11. The van der Waals surface area contributed by atoms with Crippen LogP contribution < -0.4 is 5.73 Å². The van der Waals surface area contributed by atoms with Crippen LogP contribution >= 0.6 is 0 Å². The first-order valence-electron chi connectivity index (χ1n) is 7.08. The Labute approximate surface area is 111 Å². The number of hydrogen-bond donors (Lipinski definition) is 1. The Hall–Kier alpha value is -1.09. The van der Waals surface area contributed by atoms with E-state index >= 15 is 0 Å². The molecule has 1 rings (SSSR count). The first kappa shape index (κ1) is 15.0. The standard InChI is InChI=1S/C15H27N3/c1-4-5-6-10-18(13(2)3)11-9-15-8-7-14(16)12-17-15/h7-8,12-13H,4-6,9-11,16H2,1-3H3. The van der Waals surface area contributed by atoms with Crippen LogP contribution in [-0.4, -0.2) is 29.0 Å². The number of anilines is 1. The maximum atomic E-state index is 5.64. The third-order valence-corrected chi connectivity index (χ3v) is 3.28. The molecule has 0 radical (unpaired) electrons. The quantitative estimate of drug-likeness (QED) is 0.720. The van der Waals surface area contributed by atoms with Crippen LogP contribution in [0.2, 0.25) is 0 Å². The molecule has 0 spiro atoms. The molecule has 0 bridgehead atoms. The minimum atomic E-state index is 0.607. The second kappa shape index (κ2) is 8.09. The molecule has 0 aliphatic rings. The van der Waals surface area contributed by atoms with Gasteiger partial charge in [0.05, 0.1) is 11.9 Å². The highest BCUT2D eigenvalue weighted by Crippen LogP contribution is 2.07. The summed E-state index contributed by atoms with van der Waals surface area (Å²) >= 11 is 0. The van der Waals surface area contributed by atoms with Crippen molar-refractivity contribution in [2.45, 2.75) is 52.5 Å². The number of unbranched alkanes of at least 4 members (excludes halogenated alkanes) is 2. The van der Waals surface area contributed by atoms with Gasteiger partial charge in [0.15, 0.2) is 0 Å². The monoisotopic (exact) mass is 249 g/mol. The molecule has 0 saturated heterocycles. The fourth-order valence-corrected chi connectivity index (χ4v) is 2.04. The van der Waals surface area contributed by atoms with Crippen molar-refractivity contribution < 1.29 is 0 Å². The average Bonchev–Trinajstić information content (AvgIpc) is 2.35. The molecule has 1 aromatic heterocycles. The van der Waals surface area contributed by atoms with E-state index in [1.165, 1.54) is 25.8 Å². The van der Waals surface area contributed by atoms with Gasteiger partial charge in [-0.1, -0.05) is 19.8 Å². The first-order chi connectivity index (χ1) is 8.63. The van der Waals surface area contributed by atoms with Gasteiger partial charge in [-0.25, -0.2) is 0 Å². The average molecular weight is 249 g/mol. The van der Waals surface area contributed by atoms with Crippen molar-refractivity contribution in [3.05, 3.63) is 24.0 Å². The van der Waals surface area contributed by atoms with Gasteiger partial charge in [0.2, 0.25) is 0 Å². The summed E-state index contributed by atoms with van der Waals surface area (Å²) in [6, 6.07) is 4.56. The largest absolute Gasteiger partial charge is 0.397 e. The first-order valence-corrected chi connectivity index (χ1v) is 7.08. The van der Waals surface area contributed by atoms with Crippen molar-refractivity contribution in [1.82, 2.24) is 9.88 Å². The van der Waals surface area contributed by atoms with Crippen LogP contribution in [0.1, 0.15) is 45.7 Å². The van der Waals surface area contributed by atoms with Crippen LogP contribution in [0.25, 0.3) is 0 Å². The van der Waals surface area contributed by atoms with Gasteiger partial charge in [-0.3, -0.25) is 4.98 Å². The lowest BCUT2D eigenvalue weighted by atomic mass is 10.2. The van der Waals surface area contributed by atoms with Crippen molar-refractivity contribution in [1.29, 1.82) is 0 Å². The van der Waals surface area contributed by atoms with Crippen LogP contribution in [0.3, 0.4) is 0 Å². The molecule has 2 N–H and O–H groups in total. The van der Waals surface area contributed by atoms with Gasteiger partial charge in [-0.15, -0.1) is 0 Å². The summed E-state index contributed by atoms with van der Waals surface area (Å²) in [6.07, 6.45) is 6.65. The highest BCUT2D eigenvalue weighted by molar-refractivity contribution is 5.34. The Kier molecular flexibility index (Phi) is 6.73. The van der Waals surface area contributed by atoms with E-state index in [4.69, 9.17) is 5.73 Å². The van der Waals surface area contributed by atoms with Gasteiger partial charge in [0.1, 0.15) is 0 Å². The molecule has 0 atom stereocenters. The van der Waals surface area contributed by atoms with Gasteiger partial charge in [-0.2, -0.15) is 0 Å². The van der Waals surface area contributed by atoms with E-state index < -0.39 is 0 Å². The van der Waals surface area contributed by atoms with Crippen LogP contribution in [0.4, 0.5) is 5.69 Å². The molecule has 3 heteroatoms. The normalized spacial score (nSPS) is 11.4. The number of nitrogen functional groups attached to an aromatic ring is 1. The molecular formula is C15H27N3. The van der Waals surface area contributed by atoms with E-state index in [1.807, 2.05) is 12.1 Å². The summed E-state index contributed by atoms with van der Waals surface area (Å²) in [5.41, 5.74) is 7.51. The molecule has 0 saturated carbocycles. The molecule has 0 unspecified atom stereocenters. The van der Waals surface area contributed by atoms with E-state index in [0.717, 1.165) is 24.3 Å². The summed E-state index contributed by atoms with van der Waals surface area (Å²) in [4.78, 5) is 6.89. The molecule has 0 aromatic carbocycles. The van der Waals surface area contributed by atoms with Gasteiger partial charge in [-0.05, 0) is 38.9 Å². The number of rotatable bonds is 8. The van der Waals surface area contributed by atoms with Crippen LogP contribution in [0.5, 0.6) is 0 Å². The summed E-state index contributed by atoms with van der Waals surface area (Å²) < 4.78 is 0. The molecule has 1 heterocycles. The Balaban J connectivity index is 2.39. The minimum absolute atomic E-state index is 0.607. The SMILES string of the molecule is CCCCCN(CCc1ccc(N)cn1)C(C)C. The third-order valence-electron chi connectivity index (χ3n) is 3.28. The Bertz CT molecular complexity index is 319. The topological polar surface area (TPSA) is 42.1 Å². The molecule has 18 heavy (non-hydrogen) atoms. The summed E-state index contributed by atoms with van der Waals surface area (Å²) in [5.74, 6) is 0. The number of nitrogens with two attached hydrogens (primary N) is 1. The van der Waals surface area contributed by atoms with Gasteiger partial charge >= 0.3 is 0 Å². The zero-order valence-electron chi connectivity index (χ0n) is 12.0. The number of hydrogen-bond acceptors (Lipinski definition) is 3. The van der Waals surface area contributed by atoms with Crippen LogP contribution in [-0.2, 0) is 6.42 Å². The Morgan fingerprint density at radius 2 is 2.00 bits per heavy atom. The highest BCUT2D eigenvalue weighted by Gasteiger charge is 2.09. The molecule has 3 nitrogen and oxygen atoms in total. The van der Waals surface area contributed by atoms with Gasteiger partial charge < -0.3 is 10.6 Å². The van der Waals surface area contributed by atoms with Crippen molar-refractivity contribution in [3.63, 3.8) is 0 Å². The molecule has 0 aliphatic carbocycles. The molecule has 0 amide bonds. The van der Waals surface area contributed by atoms with Crippen LogP contribution in [0.15, 0.2) is 18.3 Å². The lowest BCUT2D eigenvalue weighted by Gasteiger charge is -2.26. The Morgan fingerprint density at radius 3 is 2.56 bits per heavy atom. The molecular weight excluding hydrogens is 222 g/mol. The summed E-state index contributed by atoms with van der Waals surface area (Å²) in [6.45, 7) is 9.06. The third kappa shape index (κ3) is 5.50. The highest BCUT2D eigenvalue weighted by atomic mass is 15.1. The molecule has 102 valence electrons. The smallest absolute Gasteiger partial charge is 0.0501 e. The van der Waals surface area contributed by atoms with E-state index in [9.17, 15) is 0 Å². The fourth-order valence-electron chi connectivity index (χ4n) is 2.04. The molecule has 0 fully saturated rings. The second-order valence-corrected chi connectivity index (χ2v) is 5.17. The Morgan fingerprint density at radius 1 is 1.22 bits per heavy atom. The van der Waals surface area contributed by atoms with E-state index in [0.29, 0.717) is 6.04 Å². The second-order valence-electron chi connectivity index (χ2n) is 5.17. The summed E-state index contributed by atoms with van der Waals surface area (Å²) in [7, 11) is 0. The molecule has 0 aliphatic heterocycles. The maximum Gasteiger partial charge on any atom is 0.0501 e. The summed E-state index contributed by atoms with van der Waals surface area (Å²) in [5, 5.41) is 0. The lowest BCUT2D eigenvalue weighted by Crippen LogP contribution is -2.33. The number of pyridine rings is 1. The minimum Gasteiger partial charge on any atom is -0.397 e. The number of aromatic nitrogens is 1. The van der Waals surface area contributed by atoms with Gasteiger partial charge in [0, 0.05) is 24.7 Å². The zero-order chi connectivity index (χ0) is 13.4. The van der Waals surface area contributed by atoms with E-state index in [2.05, 4.69) is 30.7 Å².